The molecule has 0 aliphatic carbocycles. The molecule has 2 unspecified atom stereocenters. The zero-order chi connectivity index (χ0) is 17.5. The van der Waals surface area contributed by atoms with Crippen LogP contribution in [-0.4, -0.2) is 48.3 Å². The molecule has 0 aromatic rings. The topological polar surface area (TPSA) is 127 Å². The van der Waals surface area contributed by atoms with E-state index in [9.17, 15) is 24.3 Å². The summed E-state index contributed by atoms with van der Waals surface area (Å²) in [5, 5.41) is 18.7. The monoisotopic (exact) mass is 318 g/mol. The Morgan fingerprint density at radius 2 is 1.27 bits per heavy atom. The minimum atomic E-state index is -1.78. The molecule has 0 rings (SSSR count). The van der Waals surface area contributed by atoms with Crippen LogP contribution in [0.4, 0.5) is 0 Å². The molecule has 22 heavy (non-hydrogen) atoms. The molecule has 0 aromatic heterocycles. The van der Waals surface area contributed by atoms with E-state index in [0.717, 1.165) is 14.2 Å². The first-order valence-electron chi connectivity index (χ1n) is 6.70. The van der Waals surface area contributed by atoms with E-state index in [1.54, 1.807) is 0 Å². The Labute approximate surface area is 128 Å². The van der Waals surface area contributed by atoms with E-state index >= 15 is 0 Å². The minimum absolute atomic E-state index is 0.262. The van der Waals surface area contributed by atoms with E-state index in [1.807, 2.05) is 0 Å². The van der Waals surface area contributed by atoms with E-state index in [2.05, 4.69) is 9.47 Å². The molecule has 0 amide bonds. The Balaban J connectivity index is 5.68. The Morgan fingerprint density at radius 1 is 0.909 bits per heavy atom. The summed E-state index contributed by atoms with van der Waals surface area (Å²) in [7, 11) is 2.32. The molecule has 0 bridgehead atoms. The highest BCUT2D eigenvalue weighted by atomic mass is 16.5. The zero-order valence-corrected chi connectivity index (χ0v) is 13.1. The molecular weight excluding hydrogens is 296 g/mol. The molecule has 8 nitrogen and oxygen atoms in total. The van der Waals surface area contributed by atoms with Crippen LogP contribution in [0.25, 0.3) is 0 Å². The van der Waals surface area contributed by atoms with Crippen molar-refractivity contribution >= 4 is 23.9 Å². The summed E-state index contributed by atoms with van der Waals surface area (Å²) in [6, 6.07) is 0. The van der Waals surface area contributed by atoms with Crippen LogP contribution in [-0.2, 0) is 28.7 Å². The predicted molar refractivity (Wildman–Crippen MR) is 73.9 cm³/mol. The number of hydrogen-bond donors (Lipinski definition) is 2. The highest BCUT2D eigenvalue weighted by Gasteiger charge is 2.51. The van der Waals surface area contributed by atoms with Crippen LogP contribution in [0.5, 0.6) is 0 Å². The summed E-state index contributed by atoms with van der Waals surface area (Å²) in [6.07, 6.45) is -1.23. The van der Waals surface area contributed by atoms with Crippen molar-refractivity contribution in [2.45, 2.75) is 33.1 Å². The minimum Gasteiger partial charge on any atom is -0.481 e. The fourth-order valence-electron chi connectivity index (χ4n) is 2.61. The van der Waals surface area contributed by atoms with Gasteiger partial charge in [0, 0.05) is 12.8 Å². The second kappa shape index (κ2) is 8.35. The summed E-state index contributed by atoms with van der Waals surface area (Å²) in [5.74, 6) is -5.66. The maximum atomic E-state index is 11.8. The first-order chi connectivity index (χ1) is 10.1. The van der Waals surface area contributed by atoms with Gasteiger partial charge in [0.1, 0.15) is 0 Å². The average Bonchev–Trinajstić information content (AvgIpc) is 2.43. The number of aliphatic carboxylic acids is 2. The van der Waals surface area contributed by atoms with Crippen molar-refractivity contribution in [1.82, 2.24) is 0 Å². The van der Waals surface area contributed by atoms with Crippen LogP contribution >= 0.6 is 0 Å². The van der Waals surface area contributed by atoms with Gasteiger partial charge in [0.15, 0.2) is 0 Å². The second-order valence-corrected chi connectivity index (χ2v) is 5.28. The maximum Gasteiger partial charge on any atom is 0.310 e. The van der Waals surface area contributed by atoms with Crippen molar-refractivity contribution in [2.75, 3.05) is 14.2 Å². The van der Waals surface area contributed by atoms with Crippen LogP contribution in [0.2, 0.25) is 0 Å². The molecule has 0 saturated carbocycles. The largest absolute Gasteiger partial charge is 0.481 e. The van der Waals surface area contributed by atoms with Crippen molar-refractivity contribution in [2.24, 2.45) is 17.3 Å². The van der Waals surface area contributed by atoms with Crippen LogP contribution in [0, 0.1) is 17.3 Å². The second-order valence-electron chi connectivity index (χ2n) is 5.28. The lowest BCUT2D eigenvalue weighted by Gasteiger charge is -2.38. The third kappa shape index (κ3) is 4.71. The number of ether oxygens (including phenoxy) is 2. The Hall–Kier alpha value is -2.12. The van der Waals surface area contributed by atoms with Gasteiger partial charge in [0.05, 0.1) is 26.1 Å². The number of carbonyl (C=O) groups excluding carboxylic acids is 2. The number of hydrogen-bond acceptors (Lipinski definition) is 6. The Bertz CT molecular complexity index is 418. The van der Waals surface area contributed by atoms with E-state index in [0.29, 0.717) is 0 Å². The van der Waals surface area contributed by atoms with Gasteiger partial charge >= 0.3 is 23.9 Å². The normalized spacial score (nSPS) is 16.0. The van der Waals surface area contributed by atoms with E-state index < -0.39 is 47.5 Å². The maximum absolute atomic E-state index is 11.8. The van der Waals surface area contributed by atoms with Crippen molar-refractivity contribution in [3.63, 3.8) is 0 Å². The smallest absolute Gasteiger partial charge is 0.310 e. The fraction of sp³-hybridized carbons (Fsp3) is 0.714. The molecule has 0 aromatic carbocycles. The average molecular weight is 318 g/mol. The summed E-state index contributed by atoms with van der Waals surface area (Å²) in [5.41, 5.74) is -1.78. The molecule has 2 N–H and O–H groups in total. The summed E-state index contributed by atoms with van der Waals surface area (Å²) in [4.78, 5) is 45.8. The van der Waals surface area contributed by atoms with Gasteiger partial charge in [-0.1, -0.05) is 13.8 Å². The molecule has 126 valence electrons. The van der Waals surface area contributed by atoms with Gasteiger partial charge in [0.25, 0.3) is 0 Å². The summed E-state index contributed by atoms with van der Waals surface area (Å²) >= 11 is 0. The van der Waals surface area contributed by atoms with E-state index in [4.69, 9.17) is 5.11 Å². The molecular formula is C14H22O8. The SMILES string of the molecule is COC(=O)CC(C)C(CC(=O)O)(C(=O)O)C(C)CC(=O)OC. The van der Waals surface area contributed by atoms with Gasteiger partial charge in [-0.05, 0) is 11.8 Å². The van der Waals surface area contributed by atoms with Gasteiger partial charge in [-0.15, -0.1) is 0 Å². The lowest BCUT2D eigenvalue weighted by atomic mass is 9.63. The molecule has 0 radical (unpaired) electrons. The van der Waals surface area contributed by atoms with Gasteiger partial charge < -0.3 is 19.7 Å². The summed E-state index contributed by atoms with van der Waals surface area (Å²) in [6.45, 7) is 2.92. The lowest BCUT2D eigenvalue weighted by Crippen LogP contribution is -2.46. The van der Waals surface area contributed by atoms with E-state index in [-0.39, 0.29) is 12.8 Å². The van der Waals surface area contributed by atoms with Crippen molar-refractivity contribution in [3.8, 4) is 0 Å². The Morgan fingerprint density at radius 3 is 1.50 bits per heavy atom. The van der Waals surface area contributed by atoms with Crippen LogP contribution < -0.4 is 0 Å². The lowest BCUT2D eigenvalue weighted by molar-refractivity contribution is -0.167. The summed E-state index contributed by atoms with van der Waals surface area (Å²) < 4.78 is 9.02. The molecule has 0 aliphatic rings. The molecule has 0 spiro atoms. The van der Waals surface area contributed by atoms with Gasteiger partial charge in [-0.2, -0.15) is 0 Å². The number of carboxylic acid groups (broad SMARTS) is 2. The van der Waals surface area contributed by atoms with Crippen molar-refractivity contribution < 1.29 is 38.9 Å². The standard InChI is InChI=1S/C14H22O8/c1-8(5-11(17)21-3)14(13(19)20,7-10(15)16)9(2)6-12(18)22-4/h8-9H,5-7H2,1-4H3,(H,15,16)(H,19,20). The van der Waals surface area contributed by atoms with Crippen LogP contribution in [0.3, 0.4) is 0 Å². The zero-order valence-electron chi connectivity index (χ0n) is 13.1. The highest BCUT2D eigenvalue weighted by Crippen LogP contribution is 2.43. The third-order valence-electron chi connectivity index (χ3n) is 4.00. The third-order valence-corrected chi connectivity index (χ3v) is 4.00. The molecule has 0 aliphatic heterocycles. The Kier molecular flexibility index (Phi) is 7.55. The fourth-order valence-corrected chi connectivity index (χ4v) is 2.61. The highest BCUT2D eigenvalue weighted by molar-refractivity contribution is 5.84. The van der Waals surface area contributed by atoms with Crippen molar-refractivity contribution in [1.29, 1.82) is 0 Å². The molecule has 8 heteroatoms. The quantitative estimate of drug-likeness (QED) is 0.601. The number of methoxy groups -OCH3 is 2. The molecule has 0 heterocycles. The first kappa shape index (κ1) is 19.9. The number of esters is 2. The number of rotatable bonds is 9. The number of carboxylic acids is 2. The predicted octanol–water partition coefficient (Wildman–Crippen LogP) is 0.930. The molecule has 0 saturated heterocycles. The van der Waals surface area contributed by atoms with Crippen LogP contribution in [0.1, 0.15) is 33.1 Å². The van der Waals surface area contributed by atoms with Gasteiger partial charge in [-0.3, -0.25) is 19.2 Å². The van der Waals surface area contributed by atoms with E-state index in [1.165, 1.54) is 13.8 Å². The van der Waals surface area contributed by atoms with Gasteiger partial charge in [0.2, 0.25) is 0 Å². The van der Waals surface area contributed by atoms with Gasteiger partial charge in [-0.25, -0.2) is 0 Å². The molecule has 0 fully saturated rings. The van der Waals surface area contributed by atoms with Crippen LogP contribution in [0.15, 0.2) is 0 Å². The number of carbonyl (C=O) groups is 4. The molecule has 2 atom stereocenters. The van der Waals surface area contributed by atoms with Crippen molar-refractivity contribution in [3.05, 3.63) is 0 Å². The first-order valence-corrected chi connectivity index (χ1v) is 6.70.